The predicted molar refractivity (Wildman–Crippen MR) is 70.2 cm³/mol. The first-order valence-corrected chi connectivity index (χ1v) is 6.10. The molecule has 0 aromatic carbocycles. The Labute approximate surface area is 107 Å². The average Bonchev–Trinajstić information content (AvgIpc) is 2.78. The molecular formula is C13H19N3O2. The molecule has 1 aromatic rings. The second kappa shape index (κ2) is 4.94. The third-order valence-electron chi connectivity index (χ3n) is 3.49. The quantitative estimate of drug-likeness (QED) is 0.873. The van der Waals surface area contributed by atoms with Gasteiger partial charge in [-0.15, -0.1) is 0 Å². The summed E-state index contributed by atoms with van der Waals surface area (Å²) in [6.07, 6.45) is 2.56. The summed E-state index contributed by atoms with van der Waals surface area (Å²) in [6, 6.07) is 2.23. The normalized spacial score (nSPS) is 19.6. The van der Waals surface area contributed by atoms with Crippen LogP contribution in [0.4, 0.5) is 5.82 Å². The van der Waals surface area contributed by atoms with E-state index in [1.807, 2.05) is 6.92 Å². The van der Waals surface area contributed by atoms with Crippen molar-refractivity contribution in [2.75, 3.05) is 32.1 Å². The molecule has 2 rings (SSSR count). The van der Waals surface area contributed by atoms with E-state index in [-0.39, 0.29) is 5.56 Å². The zero-order valence-electron chi connectivity index (χ0n) is 11.1. The van der Waals surface area contributed by atoms with E-state index in [1.54, 1.807) is 6.07 Å². The molecule has 0 bridgehead atoms. The molecule has 18 heavy (non-hydrogen) atoms. The maximum absolute atomic E-state index is 10.9. The van der Waals surface area contributed by atoms with Gasteiger partial charge in [-0.05, 0) is 39.1 Å². The number of hydrogen-bond acceptors (Lipinski definition) is 4. The van der Waals surface area contributed by atoms with Crippen molar-refractivity contribution in [1.29, 1.82) is 0 Å². The molecule has 1 unspecified atom stereocenters. The van der Waals surface area contributed by atoms with Crippen LogP contribution in [0.2, 0.25) is 0 Å². The lowest BCUT2D eigenvalue weighted by molar-refractivity contribution is 0.0696. The van der Waals surface area contributed by atoms with E-state index in [0.29, 0.717) is 6.04 Å². The average molecular weight is 249 g/mol. The third kappa shape index (κ3) is 2.46. The molecule has 2 heterocycles. The lowest BCUT2D eigenvalue weighted by Crippen LogP contribution is -2.32. The highest BCUT2D eigenvalue weighted by molar-refractivity contribution is 5.87. The van der Waals surface area contributed by atoms with Crippen LogP contribution in [0.3, 0.4) is 0 Å². The number of aryl methyl sites for hydroxylation is 1. The summed E-state index contributed by atoms with van der Waals surface area (Å²) in [5, 5.41) is 8.92. The minimum absolute atomic E-state index is 0.250. The van der Waals surface area contributed by atoms with Crippen LogP contribution in [0.15, 0.2) is 12.3 Å². The molecule has 5 nitrogen and oxygen atoms in total. The molecule has 0 aliphatic carbocycles. The van der Waals surface area contributed by atoms with E-state index < -0.39 is 5.97 Å². The van der Waals surface area contributed by atoms with Crippen LogP contribution in [0.5, 0.6) is 0 Å². The molecule has 0 spiro atoms. The number of anilines is 1. The summed E-state index contributed by atoms with van der Waals surface area (Å²) in [5.41, 5.74) is 1.17. The highest BCUT2D eigenvalue weighted by Gasteiger charge is 2.25. The monoisotopic (exact) mass is 249 g/mol. The van der Waals surface area contributed by atoms with Crippen LogP contribution in [0.25, 0.3) is 0 Å². The van der Waals surface area contributed by atoms with Gasteiger partial charge in [-0.1, -0.05) is 0 Å². The zero-order chi connectivity index (χ0) is 13.3. The number of rotatable bonds is 3. The van der Waals surface area contributed by atoms with Crippen molar-refractivity contribution in [3.05, 3.63) is 23.4 Å². The van der Waals surface area contributed by atoms with Gasteiger partial charge in [0, 0.05) is 25.3 Å². The number of aromatic carboxylic acids is 1. The van der Waals surface area contributed by atoms with Crippen molar-refractivity contribution in [2.24, 2.45) is 0 Å². The van der Waals surface area contributed by atoms with Crippen LogP contribution in [-0.2, 0) is 0 Å². The van der Waals surface area contributed by atoms with Crippen molar-refractivity contribution >= 4 is 11.8 Å². The Kier molecular flexibility index (Phi) is 3.52. The number of pyridine rings is 1. The third-order valence-corrected chi connectivity index (χ3v) is 3.49. The number of carboxylic acid groups (broad SMARTS) is 1. The maximum Gasteiger partial charge on any atom is 0.337 e. The molecule has 1 aliphatic rings. The number of carboxylic acids is 1. The molecule has 1 N–H and O–H groups in total. The Hall–Kier alpha value is -1.62. The van der Waals surface area contributed by atoms with Crippen molar-refractivity contribution < 1.29 is 9.90 Å². The van der Waals surface area contributed by atoms with Crippen molar-refractivity contribution in [2.45, 2.75) is 19.4 Å². The molecule has 98 valence electrons. The van der Waals surface area contributed by atoms with Gasteiger partial charge in [0.2, 0.25) is 0 Å². The molecule has 1 aliphatic heterocycles. The van der Waals surface area contributed by atoms with Gasteiger partial charge >= 0.3 is 5.97 Å². The Morgan fingerprint density at radius 3 is 2.78 bits per heavy atom. The van der Waals surface area contributed by atoms with Gasteiger partial charge < -0.3 is 14.9 Å². The van der Waals surface area contributed by atoms with Crippen LogP contribution in [-0.4, -0.2) is 54.2 Å². The predicted octanol–water partition coefficient (Wildman–Crippen LogP) is 1.23. The first-order chi connectivity index (χ1) is 8.49. The van der Waals surface area contributed by atoms with Gasteiger partial charge in [0.1, 0.15) is 5.82 Å². The van der Waals surface area contributed by atoms with E-state index in [9.17, 15) is 4.79 Å². The molecule has 1 saturated heterocycles. The topological polar surface area (TPSA) is 56.7 Å². The fourth-order valence-electron chi connectivity index (χ4n) is 2.37. The van der Waals surface area contributed by atoms with Crippen LogP contribution >= 0.6 is 0 Å². The molecule has 5 heteroatoms. The fraction of sp³-hybridized carbons (Fsp3) is 0.538. The van der Waals surface area contributed by atoms with Crippen LogP contribution in [0.1, 0.15) is 22.3 Å². The lowest BCUT2D eigenvalue weighted by Gasteiger charge is -2.22. The van der Waals surface area contributed by atoms with Gasteiger partial charge in [0.05, 0.1) is 5.56 Å². The minimum Gasteiger partial charge on any atom is -0.478 e. The first-order valence-electron chi connectivity index (χ1n) is 6.10. The van der Waals surface area contributed by atoms with Crippen LogP contribution < -0.4 is 4.90 Å². The van der Waals surface area contributed by atoms with Crippen molar-refractivity contribution in [3.8, 4) is 0 Å². The Morgan fingerprint density at radius 2 is 2.28 bits per heavy atom. The van der Waals surface area contributed by atoms with E-state index in [0.717, 1.165) is 30.9 Å². The SMILES string of the molecule is Cc1cc(C(=O)O)cnc1N1CCC(N(C)C)C1. The van der Waals surface area contributed by atoms with E-state index >= 15 is 0 Å². The van der Waals surface area contributed by atoms with Crippen molar-refractivity contribution in [1.82, 2.24) is 9.88 Å². The van der Waals surface area contributed by atoms with Gasteiger partial charge in [0.15, 0.2) is 0 Å². The summed E-state index contributed by atoms with van der Waals surface area (Å²) in [4.78, 5) is 19.6. The standard InChI is InChI=1S/C13H19N3O2/c1-9-6-10(13(17)18)7-14-12(9)16-5-4-11(8-16)15(2)3/h6-7,11H,4-5,8H2,1-3H3,(H,17,18). The summed E-state index contributed by atoms with van der Waals surface area (Å²) >= 11 is 0. The molecular weight excluding hydrogens is 230 g/mol. The van der Waals surface area contributed by atoms with E-state index in [1.165, 1.54) is 6.20 Å². The fourth-order valence-corrected chi connectivity index (χ4v) is 2.37. The number of hydrogen-bond donors (Lipinski definition) is 1. The Bertz CT molecular complexity index is 460. The number of nitrogens with zero attached hydrogens (tertiary/aromatic N) is 3. The number of likely N-dealkylation sites (N-methyl/N-ethyl adjacent to an activating group) is 1. The van der Waals surface area contributed by atoms with Crippen molar-refractivity contribution in [3.63, 3.8) is 0 Å². The van der Waals surface area contributed by atoms with Gasteiger partial charge in [0.25, 0.3) is 0 Å². The number of carbonyl (C=O) groups is 1. The summed E-state index contributed by atoms with van der Waals surface area (Å²) in [6.45, 7) is 3.84. The van der Waals surface area contributed by atoms with E-state index in [2.05, 4.69) is 28.9 Å². The molecule has 1 aromatic heterocycles. The highest BCUT2D eigenvalue weighted by Crippen LogP contribution is 2.23. The molecule has 1 fully saturated rings. The maximum atomic E-state index is 10.9. The summed E-state index contributed by atoms with van der Waals surface area (Å²) in [5.74, 6) is -0.0194. The smallest absolute Gasteiger partial charge is 0.337 e. The Morgan fingerprint density at radius 1 is 1.56 bits per heavy atom. The molecule has 0 saturated carbocycles. The molecule has 0 amide bonds. The minimum atomic E-state index is -0.926. The first kappa shape index (κ1) is 12.8. The number of aromatic nitrogens is 1. The van der Waals surface area contributed by atoms with Gasteiger partial charge in [-0.2, -0.15) is 0 Å². The highest BCUT2D eigenvalue weighted by atomic mass is 16.4. The largest absolute Gasteiger partial charge is 0.478 e. The summed E-state index contributed by atoms with van der Waals surface area (Å²) < 4.78 is 0. The van der Waals surface area contributed by atoms with Crippen LogP contribution in [0, 0.1) is 6.92 Å². The van der Waals surface area contributed by atoms with E-state index in [4.69, 9.17) is 5.11 Å². The Balaban J connectivity index is 2.18. The second-order valence-electron chi connectivity index (χ2n) is 5.02. The van der Waals surface area contributed by atoms with Gasteiger partial charge in [-0.25, -0.2) is 9.78 Å². The molecule has 0 radical (unpaired) electrons. The van der Waals surface area contributed by atoms with Gasteiger partial charge in [-0.3, -0.25) is 0 Å². The lowest BCUT2D eigenvalue weighted by atomic mass is 10.2. The zero-order valence-corrected chi connectivity index (χ0v) is 11.1. The second-order valence-corrected chi connectivity index (χ2v) is 5.02. The molecule has 1 atom stereocenters. The summed E-state index contributed by atoms with van der Waals surface area (Å²) in [7, 11) is 4.17.